The molecule has 0 aromatic heterocycles. The van der Waals surface area contributed by atoms with Crippen LogP contribution >= 0.6 is 11.6 Å². The third-order valence-corrected chi connectivity index (χ3v) is 2.08. The van der Waals surface area contributed by atoms with Gasteiger partial charge in [-0.15, -0.1) is 0 Å². The number of carbonyl (C=O) groups is 2. The van der Waals surface area contributed by atoms with Gasteiger partial charge in [0.05, 0.1) is 5.56 Å². The van der Waals surface area contributed by atoms with E-state index in [1.54, 1.807) is 0 Å². The number of halogens is 3. The van der Waals surface area contributed by atoms with Gasteiger partial charge in [0.2, 0.25) is 0 Å². The van der Waals surface area contributed by atoms with E-state index < -0.39 is 34.0 Å². The predicted octanol–water partition coefficient (Wildman–Crippen LogP) is 2.35. The smallest absolute Gasteiger partial charge is 0.336 e. The monoisotopic (exact) mass is 234 g/mol. The summed E-state index contributed by atoms with van der Waals surface area (Å²) in [6, 6.07) is 0.566. The zero-order valence-electron chi connectivity index (χ0n) is 7.47. The highest BCUT2D eigenvalue weighted by molar-refractivity contribution is 6.67. The molecule has 15 heavy (non-hydrogen) atoms. The average molecular weight is 235 g/mol. The minimum absolute atomic E-state index is 0.326. The lowest BCUT2D eigenvalue weighted by Gasteiger charge is -2.06. The van der Waals surface area contributed by atoms with Gasteiger partial charge in [-0.2, -0.15) is 0 Å². The first-order valence-electron chi connectivity index (χ1n) is 3.78. The van der Waals surface area contributed by atoms with Crippen LogP contribution in [0.15, 0.2) is 6.07 Å². The molecule has 0 atom stereocenters. The summed E-state index contributed by atoms with van der Waals surface area (Å²) in [5.74, 6) is -4.00. The van der Waals surface area contributed by atoms with Crippen molar-refractivity contribution in [3.8, 4) is 0 Å². The number of aromatic carboxylic acids is 1. The van der Waals surface area contributed by atoms with Crippen LogP contribution in [-0.2, 0) is 0 Å². The van der Waals surface area contributed by atoms with Crippen molar-refractivity contribution in [2.45, 2.75) is 6.92 Å². The highest BCUT2D eigenvalue weighted by Gasteiger charge is 2.22. The summed E-state index contributed by atoms with van der Waals surface area (Å²) >= 11 is 4.95. The van der Waals surface area contributed by atoms with E-state index in [-0.39, 0.29) is 5.56 Å². The fourth-order valence-corrected chi connectivity index (χ4v) is 1.29. The van der Waals surface area contributed by atoms with Crippen molar-refractivity contribution in [2.75, 3.05) is 0 Å². The first-order valence-corrected chi connectivity index (χ1v) is 4.15. The molecule has 0 aliphatic carbocycles. The van der Waals surface area contributed by atoms with Gasteiger partial charge in [-0.1, -0.05) is 0 Å². The van der Waals surface area contributed by atoms with E-state index in [0.29, 0.717) is 6.07 Å². The second kappa shape index (κ2) is 3.94. The van der Waals surface area contributed by atoms with Crippen molar-refractivity contribution >= 4 is 22.8 Å². The van der Waals surface area contributed by atoms with Gasteiger partial charge in [-0.3, -0.25) is 4.79 Å². The second-order valence-corrected chi connectivity index (χ2v) is 3.14. The van der Waals surface area contributed by atoms with E-state index in [1.165, 1.54) is 0 Å². The average Bonchev–Trinajstić information content (AvgIpc) is 2.10. The van der Waals surface area contributed by atoms with Crippen LogP contribution in [-0.4, -0.2) is 16.3 Å². The van der Waals surface area contributed by atoms with E-state index in [0.717, 1.165) is 6.92 Å². The van der Waals surface area contributed by atoms with Crippen LogP contribution in [0, 0.1) is 18.6 Å². The van der Waals surface area contributed by atoms with Gasteiger partial charge in [0.15, 0.2) is 0 Å². The number of hydrogen-bond acceptors (Lipinski definition) is 2. The highest BCUT2D eigenvalue weighted by Crippen LogP contribution is 2.22. The molecule has 3 nitrogen and oxygen atoms in total. The van der Waals surface area contributed by atoms with Crippen molar-refractivity contribution in [1.29, 1.82) is 0 Å². The van der Waals surface area contributed by atoms with E-state index in [1.807, 2.05) is 0 Å². The molecule has 0 saturated heterocycles. The Morgan fingerprint density at radius 2 is 1.93 bits per heavy atom. The minimum atomic E-state index is -1.47. The van der Waals surface area contributed by atoms with Gasteiger partial charge < -0.3 is 5.11 Å². The standard InChI is InChI=1S/C9H5ClF2O3/c1-3-4(9(14)15)2-5(11)6(7(3)12)8(10)13/h2H,1H3,(H,14,15). The summed E-state index contributed by atoms with van der Waals surface area (Å²) in [4.78, 5) is 21.2. The van der Waals surface area contributed by atoms with Gasteiger partial charge in [-0.25, -0.2) is 13.6 Å². The number of hydrogen-bond donors (Lipinski definition) is 1. The molecule has 0 aliphatic heterocycles. The molecule has 0 radical (unpaired) electrons. The molecule has 0 aliphatic rings. The Balaban J connectivity index is 3.58. The Labute approximate surface area is 88.3 Å². The predicted molar refractivity (Wildman–Crippen MR) is 48.2 cm³/mol. The minimum Gasteiger partial charge on any atom is -0.478 e. The Bertz CT molecular complexity index is 457. The lowest BCUT2D eigenvalue weighted by atomic mass is 10.0. The van der Waals surface area contributed by atoms with Gasteiger partial charge >= 0.3 is 5.97 Å². The largest absolute Gasteiger partial charge is 0.478 e. The van der Waals surface area contributed by atoms with Crippen LogP contribution in [0.1, 0.15) is 26.3 Å². The van der Waals surface area contributed by atoms with E-state index in [4.69, 9.17) is 16.7 Å². The lowest BCUT2D eigenvalue weighted by Crippen LogP contribution is -2.09. The molecular weight excluding hydrogens is 230 g/mol. The molecule has 0 fully saturated rings. The van der Waals surface area contributed by atoms with E-state index in [2.05, 4.69) is 0 Å². The van der Waals surface area contributed by atoms with Crippen molar-refractivity contribution in [1.82, 2.24) is 0 Å². The Kier molecular flexibility index (Phi) is 3.04. The third-order valence-electron chi connectivity index (χ3n) is 1.89. The zero-order chi connectivity index (χ0) is 11.7. The van der Waals surface area contributed by atoms with E-state index >= 15 is 0 Å². The molecule has 0 unspecified atom stereocenters. The third kappa shape index (κ3) is 1.97. The zero-order valence-corrected chi connectivity index (χ0v) is 8.23. The molecule has 0 spiro atoms. The molecule has 1 aromatic rings. The fourth-order valence-electron chi connectivity index (χ4n) is 1.12. The number of rotatable bonds is 2. The van der Waals surface area contributed by atoms with E-state index in [9.17, 15) is 18.4 Å². The molecule has 1 N–H and O–H groups in total. The normalized spacial score (nSPS) is 10.1. The summed E-state index contributed by atoms with van der Waals surface area (Å²) in [7, 11) is 0. The second-order valence-electron chi connectivity index (χ2n) is 2.80. The van der Waals surface area contributed by atoms with Crippen molar-refractivity contribution in [3.63, 3.8) is 0 Å². The maximum absolute atomic E-state index is 13.3. The Morgan fingerprint density at radius 3 is 2.33 bits per heavy atom. The Hall–Kier alpha value is -1.49. The van der Waals surface area contributed by atoms with Gasteiger partial charge in [-0.05, 0) is 24.6 Å². The van der Waals surface area contributed by atoms with Crippen molar-refractivity contribution < 1.29 is 23.5 Å². The van der Waals surface area contributed by atoms with Crippen LogP contribution in [0.4, 0.5) is 8.78 Å². The van der Waals surface area contributed by atoms with Crippen LogP contribution in [0.2, 0.25) is 0 Å². The van der Waals surface area contributed by atoms with Crippen LogP contribution in [0.5, 0.6) is 0 Å². The Morgan fingerprint density at radius 1 is 1.40 bits per heavy atom. The number of carboxylic acids is 1. The van der Waals surface area contributed by atoms with Crippen LogP contribution in [0.3, 0.4) is 0 Å². The van der Waals surface area contributed by atoms with Gasteiger partial charge in [0, 0.05) is 5.56 Å². The topological polar surface area (TPSA) is 54.4 Å². The quantitative estimate of drug-likeness (QED) is 0.799. The molecule has 1 rings (SSSR count). The molecule has 80 valence electrons. The highest BCUT2D eigenvalue weighted by atomic mass is 35.5. The van der Waals surface area contributed by atoms with Crippen LogP contribution < -0.4 is 0 Å². The van der Waals surface area contributed by atoms with Gasteiger partial charge in [0.25, 0.3) is 5.24 Å². The molecule has 0 bridgehead atoms. The van der Waals surface area contributed by atoms with Crippen LogP contribution in [0.25, 0.3) is 0 Å². The molecular formula is C9H5ClF2O3. The van der Waals surface area contributed by atoms with Crippen molar-refractivity contribution in [2.24, 2.45) is 0 Å². The summed E-state index contributed by atoms with van der Waals surface area (Å²) in [6.07, 6.45) is 0. The molecule has 6 heteroatoms. The first-order chi connectivity index (χ1) is 6.86. The summed E-state index contributed by atoms with van der Waals surface area (Å²) < 4.78 is 26.4. The van der Waals surface area contributed by atoms with Crippen molar-refractivity contribution in [3.05, 3.63) is 34.4 Å². The summed E-state index contributed by atoms with van der Waals surface area (Å²) in [5.41, 5.74) is -1.79. The van der Waals surface area contributed by atoms with Gasteiger partial charge in [0.1, 0.15) is 17.2 Å². The summed E-state index contributed by atoms with van der Waals surface area (Å²) in [6.45, 7) is 1.13. The maximum Gasteiger partial charge on any atom is 0.336 e. The fraction of sp³-hybridized carbons (Fsp3) is 0.111. The lowest BCUT2D eigenvalue weighted by molar-refractivity contribution is 0.0694. The summed E-state index contributed by atoms with van der Waals surface area (Å²) in [5, 5.41) is 7.29. The molecule has 0 amide bonds. The maximum atomic E-state index is 13.3. The number of benzene rings is 1. The molecule has 0 heterocycles. The number of carbonyl (C=O) groups excluding carboxylic acids is 1. The first kappa shape index (κ1) is 11.6. The molecule has 1 aromatic carbocycles. The molecule has 0 saturated carbocycles. The number of carboxylic acid groups (broad SMARTS) is 1. The SMILES string of the molecule is Cc1c(C(=O)O)cc(F)c(C(=O)Cl)c1F.